The molecule has 1 saturated heterocycles. The molecule has 3 heteroatoms. The SMILES string of the molecule is CCCC(C)C(CN)N1CCSC(C)(C)CC1. The van der Waals surface area contributed by atoms with Crippen LogP contribution in [0.3, 0.4) is 0 Å². The number of nitrogens with zero attached hydrogens (tertiary/aromatic N) is 1. The Balaban J connectivity index is 2.57. The summed E-state index contributed by atoms with van der Waals surface area (Å²) in [6.45, 7) is 12.6. The Labute approximate surface area is 112 Å². The zero-order chi connectivity index (χ0) is 12.9. The van der Waals surface area contributed by atoms with Crippen LogP contribution in [0.5, 0.6) is 0 Å². The van der Waals surface area contributed by atoms with Gasteiger partial charge in [-0.3, -0.25) is 4.90 Å². The smallest absolute Gasteiger partial charge is 0.0244 e. The van der Waals surface area contributed by atoms with Gasteiger partial charge in [-0.1, -0.05) is 34.1 Å². The Morgan fingerprint density at radius 2 is 2.06 bits per heavy atom. The first kappa shape index (κ1) is 15.3. The van der Waals surface area contributed by atoms with Crippen LogP contribution < -0.4 is 5.73 Å². The lowest BCUT2D eigenvalue weighted by Gasteiger charge is -2.34. The Morgan fingerprint density at radius 1 is 1.35 bits per heavy atom. The van der Waals surface area contributed by atoms with Crippen LogP contribution in [0.25, 0.3) is 0 Å². The third kappa shape index (κ3) is 4.80. The summed E-state index contributed by atoms with van der Waals surface area (Å²) in [4.78, 5) is 2.64. The van der Waals surface area contributed by atoms with E-state index < -0.39 is 0 Å². The van der Waals surface area contributed by atoms with Crippen molar-refractivity contribution in [1.82, 2.24) is 4.90 Å². The maximum atomic E-state index is 6.00. The van der Waals surface area contributed by atoms with Gasteiger partial charge in [0.25, 0.3) is 0 Å². The quantitative estimate of drug-likeness (QED) is 0.822. The monoisotopic (exact) mass is 258 g/mol. The van der Waals surface area contributed by atoms with Gasteiger partial charge >= 0.3 is 0 Å². The molecular weight excluding hydrogens is 228 g/mol. The van der Waals surface area contributed by atoms with Crippen molar-refractivity contribution in [3.8, 4) is 0 Å². The summed E-state index contributed by atoms with van der Waals surface area (Å²) in [7, 11) is 0. The molecule has 1 aliphatic heterocycles. The van der Waals surface area contributed by atoms with Crippen molar-refractivity contribution in [2.45, 2.75) is 57.7 Å². The molecule has 102 valence electrons. The fourth-order valence-corrected chi connectivity index (χ4v) is 3.87. The Hall–Kier alpha value is 0.270. The summed E-state index contributed by atoms with van der Waals surface area (Å²) in [6.07, 6.45) is 3.85. The predicted octanol–water partition coefficient (Wildman–Crippen LogP) is 2.97. The zero-order valence-corrected chi connectivity index (χ0v) is 12.9. The molecular formula is C14H30N2S. The van der Waals surface area contributed by atoms with Crippen molar-refractivity contribution in [3.63, 3.8) is 0 Å². The molecule has 0 aromatic heterocycles. The highest BCUT2D eigenvalue weighted by Gasteiger charge is 2.28. The minimum atomic E-state index is 0.446. The standard InChI is InChI=1S/C14H30N2S/c1-5-6-12(2)13(11-15)16-8-7-14(3,4)17-10-9-16/h12-13H,5-11,15H2,1-4H3. The first-order valence-corrected chi connectivity index (χ1v) is 8.07. The summed E-state index contributed by atoms with van der Waals surface area (Å²) < 4.78 is 0.446. The molecule has 0 amide bonds. The maximum Gasteiger partial charge on any atom is 0.0244 e. The topological polar surface area (TPSA) is 29.3 Å². The van der Waals surface area contributed by atoms with Crippen LogP contribution in [0.4, 0.5) is 0 Å². The van der Waals surface area contributed by atoms with Crippen LogP contribution in [0.1, 0.15) is 47.0 Å². The number of hydrogen-bond donors (Lipinski definition) is 1. The molecule has 0 radical (unpaired) electrons. The van der Waals surface area contributed by atoms with Crippen LogP contribution >= 0.6 is 11.8 Å². The van der Waals surface area contributed by atoms with Crippen LogP contribution in [-0.2, 0) is 0 Å². The van der Waals surface area contributed by atoms with E-state index in [1.54, 1.807) is 0 Å². The minimum absolute atomic E-state index is 0.446. The molecule has 17 heavy (non-hydrogen) atoms. The summed E-state index contributed by atoms with van der Waals surface area (Å²) in [5.74, 6) is 1.98. The molecule has 1 fully saturated rings. The maximum absolute atomic E-state index is 6.00. The van der Waals surface area contributed by atoms with Crippen LogP contribution in [0.15, 0.2) is 0 Å². The minimum Gasteiger partial charge on any atom is -0.329 e. The van der Waals surface area contributed by atoms with Crippen molar-refractivity contribution in [1.29, 1.82) is 0 Å². The highest BCUT2D eigenvalue weighted by Crippen LogP contribution is 2.32. The van der Waals surface area contributed by atoms with Gasteiger partial charge in [-0.15, -0.1) is 0 Å². The molecule has 1 heterocycles. The van der Waals surface area contributed by atoms with E-state index >= 15 is 0 Å². The Morgan fingerprint density at radius 3 is 2.65 bits per heavy atom. The molecule has 0 saturated carbocycles. The Kier molecular flexibility index (Phi) is 6.32. The third-order valence-corrected chi connectivity index (χ3v) is 5.36. The third-order valence-electron chi connectivity index (χ3n) is 3.98. The first-order valence-electron chi connectivity index (χ1n) is 7.08. The second kappa shape index (κ2) is 7.01. The van der Waals surface area contributed by atoms with Crippen molar-refractivity contribution in [2.75, 3.05) is 25.4 Å². The molecule has 0 spiro atoms. The predicted molar refractivity (Wildman–Crippen MR) is 79.6 cm³/mol. The summed E-state index contributed by atoms with van der Waals surface area (Å²) in [5.41, 5.74) is 6.00. The second-order valence-corrected chi connectivity index (χ2v) is 7.77. The highest BCUT2D eigenvalue weighted by atomic mass is 32.2. The van der Waals surface area contributed by atoms with E-state index in [2.05, 4.69) is 44.4 Å². The van der Waals surface area contributed by atoms with Crippen molar-refractivity contribution >= 4 is 11.8 Å². The van der Waals surface area contributed by atoms with E-state index in [0.29, 0.717) is 10.8 Å². The van der Waals surface area contributed by atoms with Crippen LogP contribution in [-0.4, -0.2) is 41.1 Å². The van der Waals surface area contributed by atoms with E-state index in [1.165, 1.54) is 38.1 Å². The van der Waals surface area contributed by atoms with Crippen molar-refractivity contribution < 1.29 is 0 Å². The van der Waals surface area contributed by atoms with E-state index in [0.717, 1.165) is 12.5 Å². The summed E-state index contributed by atoms with van der Waals surface area (Å²) in [5, 5.41) is 0. The van der Waals surface area contributed by atoms with E-state index in [4.69, 9.17) is 5.73 Å². The molecule has 0 aliphatic carbocycles. The summed E-state index contributed by atoms with van der Waals surface area (Å²) >= 11 is 2.12. The lowest BCUT2D eigenvalue weighted by Crippen LogP contribution is -2.46. The van der Waals surface area contributed by atoms with Gasteiger partial charge in [0.1, 0.15) is 0 Å². The number of hydrogen-bond acceptors (Lipinski definition) is 3. The molecule has 2 unspecified atom stereocenters. The zero-order valence-electron chi connectivity index (χ0n) is 12.0. The average molecular weight is 258 g/mol. The normalized spacial score (nSPS) is 25.2. The lowest BCUT2D eigenvalue weighted by molar-refractivity contribution is 0.154. The van der Waals surface area contributed by atoms with E-state index in [-0.39, 0.29) is 0 Å². The molecule has 2 nitrogen and oxygen atoms in total. The van der Waals surface area contributed by atoms with Crippen molar-refractivity contribution in [3.05, 3.63) is 0 Å². The molecule has 0 aromatic rings. The largest absolute Gasteiger partial charge is 0.329 e. The van der Waals surface area contributed by atoms with Gasteiger partial charge in [-0.05, 0) is 25.3 Å². The second-order valence-electron chi connectivity index (χ2n) is 5.96. The van der Waals surface area contributed by atoms with Gasteiger partial charge < -0.3 is 5.73 Å². The van der Waals surface area contributed by atoms with Gasteiger partial charge in [0.05, 0.1) is 0 Å². The Bertz CT molecular complexity index is 218. The molecule has 1 aliphatic rings. The van der Waals surface area contributed by atoms with Crippen molar-refractivity contribution in [2.24, 2.45) is 11.7 Å². The van der Waals surface area contributed by atoms with Gasteiger partial charge in [0.2, 0.25) is 0 Å². The van der Waals surface area contributed by atoms with Gasteiger partial charge in [-0.2, -0.15) is 11.8 Å². The highest BCUT2D eigenvalue weighted by molar-refractivity contribution is 8.00. The van der Waals surface area contributed by atoms with Crippen LogP contribution in [0, 0.1) is 5.92 Å². The molecule has 0 aromatic carbocycles. The van der Waals surface area contributed by atoms with Gasteiger partial charge in [0.15, 0.2) is 0 Å². The molecule has 2 atom stereocenters. The van der Waals surface area contributed by atoms with Gasteiger partial charge in [-0.25, -0.2) is 0 Å². The number of rotatable bonds is 5. The lowest BCUT2D eigenvalue weighted by atomic mass is 9.95. The fraction of sp³-hybridized carbons (Fsp3) is 1.00. The molecule has 1 rings (SSSR count). The first-order chi connectivity index (χ1) is 8.00. The number of thioether (sulfide) groups is 1. The fourth-order valence-electron chi connectivity index (χ4n) is 2.76. The molecule has 0 bridgehead atoms. The van der Waals surface area contributed by atoms with E-state index in [9.17, 15) is 0 Å². The summed E-state index contributed by atoms with van der Waals surface area (Å²) in [6, 6.07) is 0.587. The van der Waals surface area contributed by atoms with Gasteiger partial charge in [0, 0.05) is 29.6 Å². The van der Waals surface area contributed by atoms with E-state index in [1.807, 2.05) is 0 Å². The average Bonchev–Trinajstić information content (AvgIpc) is 2.42. The number of nitrogens with two attached hydrogens (primary N) is 1. The van der Waals surface area contributed by atoms with Crippen LogP contribution in [0.2, 0.25) is 0 Å². The molecule has 2 N–H and O–H groups in total.